The van der Waals surface area contributed by atoms with Gasteiger partial charge < -0.3 is 15.8 Å². The number of nitrogens with two attached hydrogens (primary N) is 1. The zero-order valence-electron chi connectivity index (χ0n) is 15.8. The van der Waals surface area contributed by atoms with Gasteiger partial charge in [-0.3, -0.25) is 9.02 Å². The molecule has 0 spiro atoms. The standard InChI is InChI=1S/C17H16F2IN8OP/c1-27-7-22-15(26-27)8-4-3-5-9(13(8)29-2)23-10-6-11(21)24-16-12(10)25-17(14(18)19)28(16)30-20/h3-7,14,30H,1-2H3,(H3,21,23,24). The van der Waals surface area contributed by atoms with E-state index in [0.717, 1.165) is 0 Å². The Bertz CT molecular complexity index is 1230. The first-order chi connectivity index (χ1) is 14.4. The molecule has 0 aliphatic rings. The normalized spacial score (nSPS) is 11.8. The van der Waals surface area contributed by atoms with Crippen LogP contribution >= 0.6 is 28.4 Å². The summed E-state index contributed by atoms with van der Waals surface area (Å²) in [6, 6.07) is 6.99. The SMILES string of the molecule is COc1c(Nc2cc(N)nc3c2nc(C(F)F)n3PI)cccc1-c1ncn(C)n1. The van der Waals surface area contributed by atoms with Gasteiger partial charge in [-0.05, 0) is 34.2 Å². The van der Waals surface area contributed by atoms with Gasteiger partial charge in [0.2, 0.25) is 0 Å². The summed E-state index contributed by atoms with van der Waals surface area (Å²) in [5.41, 5.74) is 8.24. The number of ether oxygens (including phenoxy) is 1. The molecule has 0 saturated heterocycles. The molecule has 3 heterocycles. The minimum absolute atomic E-state index is 0.00548. The van der Waals surface area contributed by atoms with Crippen molar-refractivity contribution < 1.29 is 13.5 Å². The number of halogens is 3. The van der Waals surface area contributed by atoms with E-state index in [-0.39, 0.29) is 18.0 Å². The Balaban J connectivity index is 1.85. The van der Waals surface area contributed by atoms with Crippen molar-refractivity contribution in [1.82, 2.24) is 29.1 Å². The Morgan fingerprint density at radius 1 is 1.27 bits per heavy atom. The van der Waals surface area contributed by atoms with Gasteiger partial charge in [0.25, 0.3) is 6.43 Å². The molecule has 1 aromatic carbocycles. The second kappa shape index (κ2) is 8.26. The molecule has 1 unspecified atom stereocenters. The van der Waals surface area contributed by atoms with Crippen molar-refractivity contribution in [1.29, 1.82) is 0 Å². The number of anilines is 3. The molecule has 0 fully saturated rings. The zero-order valence-corrected chi connectivity index (χ0v) is 18.9. The average Bonchev–Trinajstić information content (AvgIpc) is 3.31. The number of nitrogens with one attached hydrogen (secondary N) is 1. The maximum Gasteiger partial charge on any atom is 0.295 e. The van der Waals surface area contributed by atoms with Gasteiger partial charge in [-0.25, -0.2) is 23.7 Å². The number of methoxy groups -OCH3 is 1. The first-order valence-electron chi connectivity index (χ1n) is 8.56. The molecule has 0 bridgehead atoms. The maximum absolute atomic E-state index is 13.5. The first kappa shape index (κ1) is 20.7. The number of benzene rings is 1. The van der Waals surface area contributed by atoms with Crippen LogP contribution in [-0.4, -0.2) is 36.2 Å². The van der Waals surface area contributed by atoms with Crippen molar-refractivity contribution >= 4 is 56.8 Å². The molecule has 156 valence electrons. The fraction of sp³-hybridized carbons (Fsp3) is 0.176. The Morgan fingerprint density at radius 2 is 2.07 bits per heavy atom. The minimum atomic E-state index is -2.73. The molecule has 0 radical (unpaired) electrons. The number of imidazole rings is 1. The van der Waals surface area contributed by atoms with Gasteiger partial charge >= 0.3 is 0 Å². The van der Waals surface area contributed by atoms with Crippen LogP contribution in [0.15, 0.2) is 30.6 Å². The minimum Gasteiger partial charge on any atom is -0.494 e. The van der Waals surface area contributed by atoms with Gasteiger partial charge in [0.1, 0.15) is 17.7 Å². The summed E-state index contributed by atoms with van der Waals surface area (Å²) in [6.07, 6.45) is -1.15. The van der Waals surface area contributed by atoms with E-state index in [4.69, 9.17) is 10.5 Å². The predicted octanol–water partition coefficient (Wildman–Crippen LogP) is 4.29. The predicted molar refractivity (Wildman–Crippen MR) is 121 cm³/mol. The van der Waals surface area contributed by atoms with Crippen LogP contribution in [0.4, 0.5) is 26.0 Å². The van der Waals surface area contributed by atoms with Crippen LogP contribution in [0.3, 0.4) is 0 Å². The number of rotatable bonds is 6. The van der Waals surface area contributed by atoms with Crippen molar-refractivity contribution in [2.45, 2.75) is 6.43 Å². The highest BCUT2D eigenvalue weighted by atomic mass is 127. The zero-order chi connectivity index (χ0) is 21.4. The van der Waals surface area contributed by atoms with Gasteiger partial charge in [0, 0.05) is 13.1 Å². The van der Waals surface area contributed by atoms with E-state index in [1.165, 1.54) is 11.4 Å². The summed E-state index contributed by atoms with van der Waals surface area (Å²) in [7, 11) is 3.30. The van der Waals surface area contributed by atoms with Crippen LogP contribution in [0.25, 0.3) is 22.6 Å². The average molecular weight is 544 g/mol. The Kier molecular flexibility index (Phi) is 5.69. The highest BCUT2D eigenvalue weighted by Gasteiger charge is 2.23. The van der Waals surface area contributed by atoms with Crippen LogP contribution in [0.2, 0.25) is 0 Å². The number of pyridine rings is 1. The third kappa shape index (κ3) is 3.65. The summed E-state index contributed by atoms with van der Waals surface area (Å²) >= 11 is 2.01. The molecule has 4 aromatic rings. The van der Waals surface area contributed by atoms with E-state index >= 15 is 0 Å². The Morgan fingerprint density at radius 3 is 2.70 bits per heavy atom. The molecule has 30 heavy (non-hydrogen) atoms. The van der Waals surface area contributed by atoms with Crippen LogP contribution in [0.5, 0.6) is 5.75 Å². The monoisotopic (exact) mass is 544 g/mol. The third-order valence-corrected chi connectivity index (χ3v) is 6.33. The highest BCUT2D eigenvalue weighted by Crippen LogP contribution is 2.40. The van der Waals surface area contributed by atoms with E-state index < -0.39 is 6.43 Å². The van der Waals surface area contributed by atoms with Crippen LogP contribution in [0.1, 0.15) is 12.2 Å². The third-order valence-electron chi connectivity index (χ3n) is 4.27. The number of aryl methyl sites for hydroxylation is 1. The van der Waals surface area contributed by atoms with E-state index in [9.17, 15) is 8.78 Å². The molecule has 0 aliphatic carbocycles. The van der Waals surface area contributed by atoms with Crippen LogP contribution in [0, 0.1) is 0 Å². The van der Waals surface area contributed by atoms with E-state index in [0.29, 0.717) is 39.7 Å². The van der Waals surface area contributed by atoms with Crippen LogP contribution in [-0.2, 0) is 7.05 Å². The number of fused-ring (bicyclic) bond motifs is 1. The number of nitrogens with zero attached hydrogens (tertiary/aromatic N) is 6. The van der Waals surface area contributed by atoms with Gasteiger partial charge in [0.05, 0.1) is 30.4 Å². The number of aromatic nitrogens is 6. The fourth-order valence-electron chi connectivity index (χ4n) is 3.05. The molecule has 0 saturated carbocycles. The summed E-state index contributed by atoms with van der Waals surface area (Å²) in [5, 5.41) is 7.52. The number of alkyl halides is 2. The van der Waals surface area contributed by atoms with Crippen LogP contribution < -0.4 is 15.8 Å². The molecule has 1 atom stereocenters. The number of para-hydroxylation sites is 1. The molecule has 3 N–H and O–H groups in total. The number of hydrogen-bond donors (Lipinski definition) is 2. The Labute approximate surface area is 184 Å². The summed E-state index contributed by atoms with van der Waals surface area (Å²) in [4.78, 5) is 12.6. The van der Waals surface area contributed by atoms with Gasteiger partial charge in [-0.15, -0.1) is 0 Å². The van der Waals surface area contributed by atoms with Gasteiger partial charge in [-0.2, -0.15) is 5.10 Å². The van der Waals surface area contributed by atoms with Crippen molar-refractivity contribution in [3.8, 4) is 17.1 Å². The molecular formula is C17H16F2IN8OP. The molecule has 9 nitrogen and oxygen atoms in total. The topological polar surface area (TPSA) is 109 Å². The van der Waals surface area contributed by atoms with Crippen molar-refractivity contribution in [2.75, 3.05) is 18.2 Å². The molecular weight excluding hydrogens is 528 g/mol. The van der Waals surface area contributed by atoms with E-state index in [1.807, 2.05) is 34.2 Å². The number of hydrogen-bond acceptors (Lipinski definition) is 7. The maximum atomic E-state index is 13.5. The second-order valence-electron chi connectivity index (χ2n) is 6.21. The molecule has 4 rings (SSSR count). The summed E-state index contributed by atoms with van der Waals surface area (Å²) in [5.74, 6) is 0.824. The second-order valence-corrected chi connectivity index (χ2v) is 8.27. The Hall–Kier alpha value is -2.60. The van der Waals surface area contributed by atoms with Gasteiger partial charge in [-0.1, -0.05) is 6.07 Å². The quantitative estimate of drug-likeness (QED) is 0.276. The lowest BCUT2D eigenvalue weighted by Gasteiger charge is -2.14. The lowest BCUT2D eigenvalue weighted by Crippen LogP contribution is -2.00. The van der Waals surface area contributed by atoms with Crippen molar-refractivity contribution in [3.05, 3.63) is 36.4 Å². The van der Waals surface area contributed by atoms with Crippen molar-refractivity contribution in [2.24, 2.45) is 7.05 Å². The molecule has 0 aliphatic heterocycles. The highest BCUT2D eigenvalue weighted by molar-refractivity contribution is 14.2. The molecule has 3 aromatic heterocycles. The largest absolute Gasteiger partial charge is 0.494 e. The lowest BCUT2D eigenvalue weighted by atomic mass is 10.1. The first-order valence-corrected chi connectivity index (χ1v) is 12.6. The molecule has 0 amide bonds. The smallest absolute Gasteiger partial charge is 0.295 e. The fourth-order valence-corrected chi connectivity index (χ4v) is 4.94. The summed E-state index contributed by atoms with van der Waals surface area (Å²) < 4.78 is 35.5. The molecule has 13 heteroatoms. The van der Waals surface area contributed by atoms with Crippen molar-refractivity contribution in [3.63, 3.8) is 0 Å². The van der Waals surface area contributed by atoms with Gasteiger partial charge in [0.15, 0.2) is 23.0 Å². The number of nitrogen functional groups attached to an aromatic ring is 1. The lowest BCUT2D eigenvalue weighted by molar-refractivity contribution is 0.140. The van der Waals surface area contributed by atoms with E-state index in [1.54, 1.807) is 30.2 Å². The summed E-state index contributed by atoms with van der Waals surface area (Å²) in [6.45, 7) is 0. The van der Waals surface area contributed by atoms with E-state index in [2.05, 4.69) is 25.4 Å².